The van der Waals surface area contributed by atoms with Gasteiger partial charge in [-0.15, -0.1) is 0 Å². The van der Waals surface area contributed by atoms with Gasteiger partial charge >= 0.3 is 0 Å². The van der Waals surface area contributed by atoms with Gasteiger partial charge in [-0.05, 0) is 42.0 Å². The van der Waals surface area contributed by atoms with Gasteiger partial charge in [-0.3, -0.25) is 0 Å². The Kier molecular flexibility index (Phi) is 3.60. The molecule has 2 aromatic carbocycles. The zero-order valence-corrected chi connectivity index (χ0v) is 11.7. The van der Waals surface area contributed by atoms with Crippen molar-refractivity contribution in [2.24, 2.45) is 0 Å². The van der Waals surface area contributed by atoms with E-state index >= 15 is 0 Å². The van der Waals surface area contributed by atoms with Crippen molar-refractivity contribution in [3.63, 3.8) is 0 Å². The molecule has 0 atom stereocenters. The monoisotopic (exact) mass is 280 g/mol. The third-order valence-corrected chi connectivity index (χ3v) is 3.23. The number of nitrogens with zero attached hydrogens (tertiary/aromatic N) is 1. The van der Waals surface area contributed by atoms with Crippen molar-refractivity contribution in [2.45, 2.75) is 6.61 Å². The lowest BCUT2D eigenvalue weighted by atomic mass is 10.2. The summed E-state index contributed by atoms with van der Waals surface area (Å²) in [6.07, 6.45) is 0. The number of aromatic nitrogens is 1. The van der Waals surface area contributed by atoms with Gasteiger partial charge in [-0.25, -0.2) is 4.98 Å². The van der Waals surface area contributed by atoms with Gasteiger partial charge in [0.25, 0.3) is 0 Å². The fourth-order valence-corrected chi connectivity index (χ4v) is 2.08. The molecule has 0 aliphatic carbocycles. The first kappa shape index (κ1) is 13.2. The molecule has 0 radical (unpaired) electrons. The number of pyridine rings is 1. The highest BCUT2D eigenvalue weighted by molar-refractivity contribution is 5.82. The van der Waals surface area contributed by atoms with Crippen LogP contribution in [-0.2, 0) is 6.61 Å². The first-order valence-electron chi connectivity index (χ1n) is 6.66. The molecule has 0 saturated heterocycles. The summed E-state index contributed by atoms with van der Waals surface area (Å²) in [6.45, 7) is 0.470. The predicted molar refractivity (Wildman–Crippen MR) is 83.5 cm³/mol. The zero-order valence-electron chi connectivity index (χ0n) is 11.7. The molecule has 0 amide bonds. The van der Waals surface area contributed by atoms with Crippen molar-refractivity contribution >= 4 is 16.6 Å². The minimum atomic E-state index is 0.470. The van der Waals surface area contributed by atoms with Crippen LogP contribution in [-0.4, -0.2) is 12.1 Å². The molecule has 0 bridgehead atoms. The Bertz CT molecular complexity index is 754. The van der Waals surface area contributed by atoms with Gasteiger partial charge in [0.05, 0.1) is 12.6 Å². The molecule has 4 nitrogen and oxygen atoms in total. The van der Waals surface area contributed by atoms with E-state index in [1.807, 2.05) is 54.6 Å². The summed E-state index contributed by atoms with van der Waals surface area (Å²) in [6, 6.07) is 17.2. The maximum atomic E-state index is 5.75. The normalized spacial score (nSPS) is 10.5. The maximum Gasteiger partial charge on any atom is 0.214 e. The number of fused-ring (bicyclic) bond motifs is 1. The average Bonchev–Trinajstić information content (AvgIpc) is 2.53. The Morgan fingerprint density at radius 1 is 1.00 bits per heavy atom. The summed E-state index contributed by atoms with van der Waals surface area (Å²) in [4.78, 5) is 4.46. The molecule has 3 aromatic rings. The number of ether oxygens (including phenoxy) is 2. The maximum absolute atomic E-state index is 5.75. The molecule has 1 aromatic heterocycles. The zero-order chi connectivity index (χ0) is 14.7. The van der Waals surface area contributed by atoms with Crippen LogP contribution in [0.3, 0.4) is 0 Å². The average molecular weight is 280 g/mol. The van der Waals surface area contributed by atoms with Crippen LogP contribution in [0.5, 0.6) is 11.6 Å². The Balaban J connectivity index is 1.73. The number of methoxy groups -OCH3 is 1. The van der Waals surface area contributed by atoms with E-state index in [2.05, 4.69) is 4.98 Å². The van der Waals surface area contributed by atoms with Gasteiger partial charge in [0.15, 0.2) is 0 Å². The van der Waals surface area contributed by atoms with Crippen LogP contribution in [0.4, 0.5) is 5.69 Å². The molecule has 3 rings (SSSR count). The second-order valence-electron chi connectivity index (χ2n) is 4.74. The van der Waals surface area contributed by atoms with E-state index in [1.165, 1.54) is 0 Å². The highest BCUT2D eigenvalue weighted by Crippen LogP contribution is 2.20. The minimum absolute atomic E-state index is 0.470. The van der Waals surface area contributed by atoms with Gasteiger partial charge < -0.3 is 15.2 Å². The van der Waals surface area contributed by atoms with Gasteiger partial charge in [0.1, 0.15) is 12.4 Å². The number of nitrogen functional groups attached to an aromatic ring is 1. The van der Waals surface area contributed by atoms with Crippen LogP contribution in [0, 0.1) is 0 Å². The number of hydrogen-bond acceptors (Lipinski definition) is 4. The molecular formula is C17H16N2O2. The van der Waals surface area contributed by atoms with Crippen molar-refractivity contribution < 1.29 is 9.47 Å². The smallest absolute Gasteiger partial charge is 0.214 e. The van der Waals surface area contributed by atoms with Crippen molar-refractivity contribution in [1.82, 2.24) is 4.98 Å². The highest BCUT2D eigenvalue weighted by atomic mass is 16.5. The largest absolute Gasteiger partial charge is 0.497 e. The summed E-state index contributed by atoms with van der Waals surface area (Å²) in [5.41, 5.74) is 8.42. The summed E-state index contributed by atoms with van der Waals surface area (Å²) < 4.78 is 10.8. The predicted octanol–water partition coefficient (Wildman–Crippen LogP) is 3.40. The number of rotatable bonds is 4. The summed E-state index contributed by atoms with van der Waals surface area (Å²) in [5, 5.41) is 1.01. The third kappa shape index (κ3) is 3.05. The number of hydrogen-bond donors (Lipinski definition) is 1. The van der Waals surface area contributed by atoms with Crippen molar-refractivity contribution in [3.05, 3.63) is 60.2 Å². The van der Waals surface area contributed by atoms with Crippen LogP contribution in [0.25, 0.3) is 10.9 Å². The van der Waals surface area contributed by atoms with E-state index in [4.69, 9.17) is 15.2 Å². The summed E-state index contributed by atoms with van der Waals surface area (Å²) in [7, 11) is 1.65. The second-order valence-corrected chi connectivity index (χ2v) is 4.74. The first-order valence-corrected chi connectivity index (χ1v) is 6.66. The molecule has 21 heavy (non-hydrogen) atoms. The number of anilines is 1. The van der Waals surface area contributed by atoms with Gasteiger partial charge in [0.2, 0.25) is 5.88 Å². The highest BCUT2D eigenvalue weighted by Gasteiger charge is 2.01. The third-order valence-electron chi connectivity index (χ3n) is 3.23. The standard InChI is InChI=1S/C17H16N2O2/c1-20-15-6-2-12(3-7-15)11-21-17-9-4-13-10-14(18)5-8-16(13)19-17/h2-10H,11,18H2,1H3. The Morgan fingerprint density at radius 2 is 1.81 bits per heavy atom. The lowest BCUT2D eigenvalue weighted by Crippen LogP contribution is -1.97. The van der Waals surface area contributed by atoms with Crippen LogP contribution in [0.2, 0.25) is 0 Å². The second kappa shape index (κ2) is 5.71. The fourth-order valence-electron chi connectivity index (χ4n) is 2.08. The lowest BCUT2D eigenvalue weighted by molar-refractivity contribution is 0.295. The van der Waals surface area contributed by atoms with E-state index in [0.717, 1.165) is 27.9 Å². The van der Waals surface area contributed by atoms with E-state index in [-0.39, 0.29) is 0 Å². The molecule has 106 valence electrons. The quantitative estimate of drug-likeness (QED) is 0.744. The molecule has 0 aliphatic rings. The van der Waals surface area contributed by atoms with Crippen molar-refractivity contribution in [3.8, 4) is 11.6 Å². The molecule has 2 N–H and O–H groups in total. The number of benzene rings is 2. The van der Waals surface area contributed by atoms with Crippen LogP contribution in [0.1, 0.15) is 5.56 Å². The molecule has 0 spiro atoms. The fraction of sp³-hybridized carbons (Fsp3) is 0.118. The van der Waals surface area contributed by atoms with E-state index < -0.39 is 0 Å². The van der Waals surface area contributed by atoms with Gasteiger partial charge in [-0.1, -0.05) is 12.1 Å². The lowest BCUT2D eigenvalue weighted by Gasteiger charge is -2.07. The van der Waals surface area contributed by atoms with Crippen LogP contribution < -0.4 is 15.2 Å². The number of nitrogens with two attached hydrogens (primary N) is 1. The molecule has 0 fully saturated rings. The van der Waals surface area contributed by atoms with E-state index in [0.29, 0.717) is 12.5 Å². The van der Waals surface area contributed by atoms with E-state index in [1.54, 1.807) is 7.11 Å². The minimum Gasteiger partial charge on any atom is -0.497 e. The molecule has 4 heteroatoms. The van der Waals surface area contributed by atoms with Crippen molar-refractivity contribution in [1.29, 1.82) is 0 Å². The Hall–Kier alpha value is -2.75. The SMILES string of the molecule is COc1ccc(COc2ccc3cc(N)ccc3n2)cc1. The molecular weight excluding hydrogens is 264 g/mol. The van der Waals surface area contributed by atoms with Crippen LogP contribution >= 0.6 is 0 Å². The Labute approximate surface area is 123 Å². The van der Waals surface area contributed by atoms with Gasteiger partial charge in [-0.2, -0.15) is 0 Å². The van der Waals surface area contributed by atoms with Crippen molar-refractivity contribution in [2.75, 3.05) is 12.8 Å². The molecule has 1 heterocycles. The summed E-state index contributed by atoms with van der Waals surface area (Å²) >= 11 is 0. The molecule has 0 unspecified atom stereocenters. The first-order chi connectivity index (χ1) is 10.2. The topological polar surface area (TPSA) is 57.4 Å². The van der Waals surface area contributed by atoms with Crippen LogP contribution in [0.15, 0.2) is 54.6 Å². The van der Waals surface area contributed by atoms with Gasteiger partial charge in [0, 0.05) is 17.1 Å². The molecule has 0 saturated carbocycles. The molecule has 0 aliphatic heterocycles. The summed E-state index contributed by atoms with van der Waals surface area (Å²) in [5.74, 6) is 1.43. The Morgan fingerprint density at radius 3 is 2.57 bits per heavy atom. The van der Waals surface area contributed by atoms with E-state index in [9.17, 15) is 0 Å².